The van der Waals surface area contributed by atoms with Gasteiger partial charge in [-0.2, -0.15) is 0 Å². The number of imidazole rings is 1. The molecule has 0 aliphatic rings. The molecule has 0 amide bonds. The quantitative estimate of drug-likeness (QED) is 0.786. The van der Waals surface area contributed by atoms with Crippen LogP contribution in [0.3, 0.4) is 0 Å². The zero-order chi connectivity index (χ0) is 11.3. The Balaban J connectivity index is 2.34. The van der Waals surface area contributed by atoms with Crippen LogP contribution >= 0.6 is 23.2 Å². The standard InChI is InChI=1S/C10H17Cl2N3/c1-3-6-13-7-4-5-8-14-9(11)10(12)15(8)2/h13H,3-7H2,1-2H3. The SMILES string of the molecule is CCCNCCCc1nc(Cl)c(Cl)n1C. The molecular weight excluding hydrogens is 233 g/mol. The van der Waals surface area contributed by atoms with Gasteiger partial charge in [0.25, 0.3) is 0 Å². The number of aryl methyl sites for hydroxylation is 1. The van der Waals surface area contributed by atoms with Crippen LogP contribution in [-0.2, 0) is 13.5 Å². The fourth-order valence-corrected chi connectivity index (χ4v) is 1.75. The van der Waals surface area contributed by atoms with Crippen molar-refractivity contribution in [1.82, 2.24) is 14.9 Å². The van der Waals surface area contributed by atoms with Crippen LogP contribution in [0.2, 0.25) is 10.3 Å². The van der Waals surface area contributed by atoms with Crippen LogP contribution in [0.5, 0.6) is 0 Å². The van der Waals surface area contributed by atoms with Crippen molar-refractivity contribution in [1.29, 1.82) is 0 Å². The van der Waals surface area contributed by atoms with Crippen LogP contribution in [0.4, 0.5) is 0 Å². The summed E-state index contributed by atoms with van der Waals surface area (Å²) < 4.78 is 1.84. The molecule has 5 heteroatoms. The second-order valence-electron chi connectivity index (χ2n) is 3.52. The van der Waals surface area contributed by atoms with Gasteiger partial charge in [-0.3, -0.25) is 0 Å². The van der Waals surface area contributed by atoms with Gasteiger partial charge in [0.05, 0.1) is 0 Å². The van der Waals surface area contributed by atoms with E-state index in [4.69, 9.17) is 23.2 Å². The summed E-state index contributed by atoms with van der Waals surface area (Å²) in [6.45, 7) is 4.24. The third-order valence-corrected chi connectivity index (χ3v) is 3.05. The largest absolute Gasteiger partial charge is 0.321 e. The summed E-state index contributed by atoms with van der Waals surface area (Å²) in [7, 11) is 1.88. The molecule has 86 valence electrons. The van der Waals surface area contributed by atoms with Crippen LogP contribution in [-0.4, -0.2) is 22.6 Å². The van der Waals surface area contributed by atoms with Crippen molar-refractivity contribution in [2.75, 3.05) is 13.1 Å². The van der Waals surface area contributed by atoms with Gasteiger partial charge in [-0.1, -0.05) is 30.1 Å². The maximum atomic E-state index is 5.91. The van der Waals surface area contributed by atoms with Crippen molar-refractivity contribution in [3.05, 3.63) is 16.1 Å². The van der Waals surface area contributed by atoms with E-state index in [0.29, 0.717) is 10.3 Å². The second kappa shape index (κ2) is 6.36. The minimum absolute atomic E-state index is 0.399. The predicted molar refractivity (Wildman–Crippen MR) is 64.7 cm³/mol. The number of nitrogens with zero attached hydrogens (tertiary/aromatic N) is 2. The minimum Gasteiger partial charge on any atom is -0.321 e. The number of halogens is 2. The molecule has 1 aromatic rings. The van der Waals surface area contributed by atoms with E-state index in [9.17, 15) is 0 Å². The molecule has 1 N–H and O–H groups in total. The molecule has 0 radical (unpaired) electrons. The predicted octanol–water partition coefficient (Wildman–Crippen LogP) is 2.66. The number of nitrogens with one attached hydrogen (secondary N) is 1. The molecule has 1 aromatic heterocycles. The van der Waals surface area contributed by atoms with Gasteiger partial charge in [-0.15, -0.1) is 0 Å². The highest BCUT2D eigenvalue weighted by Gasteiger charge is 2.09. The molecule has 0 aliphatic heterocycles. The van der Waals surface area contributed by atoms with Gasteiger partial charge in [0.15, 0.2) is 5.15 Å². The zero-order valence-corrected chi connectivity index (χ0v) is 10.7. The first-order valence-corrected chi connectivity index (χ1v) is 5.99. The van der Waals surface area contributed by atoms with Crippen molar-refractivity contribution < 1.29 is 0 Å². The van der Waals surface area contributed by atoms with Gasteiger partial charge in [0.1, 0.15) is 11.0 Å². The summed E-state index contributed by atoms with van der Waals surface area (Å²) in [6.07, 6.45) is 3.12. The van der Waals surface area contributed by atoms with E-state index in [0.717, 1.165) is 31.8 Å². The van der Waals surface area contributed by atoms with Gasteiger partial charge >= 0.3 is 0 Å². The Morgan fingerprint density at radius 2 is 2.07 bits per heavy atom. The van der Waals surface area contributed by atoms with E-state index >= 15 is 0 Å². The van der Waals surface area contributed by atoms with Crippen molar-refractivity contribution in [3.63, 3.8) is 0 Å². The van der Waals surface area contributed by atoms with Gasteiger partial charge < -0.3 is 9.88 Å². The van der Waals surface area contributed by atoms with Gasteiger partial charge in [-0.25, -0.2) is 4.98 Å². The smallest absolute Gasteiger partial charge is 0.166 e. The van der Waals surface area contributed by atoms with Crippen molar-refractivity contribution in [3.8, 4) is 0 Å². The number of hydrogen-bond donors (Lipinski definition) is 1. The second-order valence-corrected chi connectivity index (χ2v) is 4.24. The van der Waals surface area contributed by atoms with E-state index in [1.54, 1.807) is 0 Å². The average molecular weight is 250 g/mol. The van der Waals surface area contributed by atoms with Crippen LogP contribution in [0.1, 0.15) is 25.6 Å². The minimum atomic E-state index is 0.399. The Labute approximate surface area is 101 Å². The number of hydrogen-bond acceptors (Lipinski definition) is 2. The zero-order valence-electron chi connectivity index (χ0n) is 9.19. The third-order valence-electron chi connectivity index (χ3n) is 2.26. The first kappa shape index (κ1) is 12.8. The Bertz CT molecular complexity index is 310. The summed E-state index contributed by atoms with van der Waals surface area (Å²) in [5.74, 6) is 0.947. The lowest BCUT2D eigenvalue weighted by atomic mass is 10.3. The molecule has 0 aliphatic carbocycles. The van der Waals surface area contributed by atoms with E-state index in [1.165, 1.54) is 6.42 Å². The fraction of sp³-hybridized carbons (Fsp3) is 0.700. The summed E-state index contributed by atoms with van der Waals surface area (Å²) in [6, 6.07) is 0. The number of aromatic nitrogens is 2. The Morgan fingerprint density at radius 1 is 1.33 bits per heavy atom. The maximum Gasteiger partial charge on any atom is 0.166 e. The topological polar surface area (TPSA) is 29.9 Å². The lowest BCUT2D eigenvalue weighted by Crippen LogP contribution is -2.17. The molecule has 0 saturated carbocycles. The Kier molecular flexibility index (Phi) is 5.43. The van der Waals surface area contributed by atoms with Crippen molar-refractivity contribution in [2.24, 2.45) is 7.05 Å². The molecule has 15 heavy (non-hydrogen) atoms. The molecule has 0 fully saturated rings. The van der Waals surface area contributed by atoms with Crippen LogP contribution < -0.4 is 5.32 Å². The van der Waals surface area contributed by atoms with Crippen molar-refractivity contribution >= 4 is 23.2 Å². The summed E-state index contributed by atoms with van der Waals surface area (Å²) >= 11 is 11.7. The molecule has 0 saturated heterocycles. The normalized spacial score (nSPS) is 10.9. The Hall–Kier alpha value is -0.250. The van der Waals surface area contributed by atoms with Crippen molar-refractivity contribution in [2.45, 2.75) is 26.2 Å². The lowest BCUT2D eigenvalue weighted by molar-refractivity contribution is 0.622. The highest BCUT2D eigenvalue weighted by atomic mass is 35.5. The molecule has 0 bridgehead atoms. The fourth-order valence-electron chi connectivity index (χ4n) is 1.38. The third kappa shape index (κ3) is 3.67. The van der Waals surface area contributed by atoms with Crippen LogP contribution in [0, 0.1) is 0 Å². The lowest BCUT2D eigenvalue weighted by Gasteiger charge is -2.03. The van der Waals surface area contributed by atoms with E-state index < -0.39 is 0 Å². The molecular formula is C10H17Cl2N3. The molecule has 0 aromatic carbocycles. The molecule has 3 nitrogen and oxygen atoms in total. The summed E-state index contributed by atoms with van der Waals surface area (Å²) in [4.78, 5) is 4.20. The van der Waals surface area contributed by atoms with E-state index in [2.05, 4.69) is 17.2 Å². The maximum absolute atomic E-state index is 5.91. The summed E-state index contributed by atoms with van der Waals surface area (Å²) in [5, 5.41) is 4.26. The molecule has 0 unspecified atom stereocenters. The summed E-state index contributed by atoms with van der Waals surface area (Å²) in [5.41, 5.74) is 0. The van der Waals surface area contributed by atoms with Gasteiger partial charge in [-0.05, 0) is 25.9 Å². The van der Waals surface area contributed by atoms with E-state index in [-0.39, 0.29) is 0 Å². The molecule has 1 heterocycles. The van der Waals surface area contributed by atoms with Crippen LogP contribution in [0.25, 0.3) is 0 Å². The molecule has 0 spiro atoms. The first-order valence-electron chi connectivity index (χ1n) is 5.24. The first-order chi connectivity index (χ1) is 7.16. The van der Waals surface area contributed by atoms with Crippen LogP contribution in [0.15, 0.2) is 0 Å². The highest BCUT2D eigenvalue weighted by molar-refractivity contribution is 6.40. The Morgan fingerprint density at radius 3 is 2.60 bits per heavy atom. The number of rotatable bonds is 6. The van der Waals surface area contributed by atoms with Gasteiger partial charge in [0, 0.05) is 13.5 Å². The van der Waals surface area contributed by atoms with Gasteiger partial charge in [0.2, 0.25) is 0 Å². The highest BCUT2D eigenvalue weighted by Crippen LogP contribution is 2.21. The average Bonchev–Trinajstić information content (AvgIpc) is 2.46. The molecule has 1 rings (SSSR count). The monoisotopic (exact) mass is 249 g/mol. The van der Waals surface area contributed by atoms with E-state index in [1.807, 2.05) is 11.6 Å². The molecule has 0 atom stereocenters.